The van der Waals surface area contributed by atoms with E-state index in [-0.39, 0.29) is 5.57 Å². The molecule has 0 aliphatic carbocycles. The monoisotopic (exact) mass is 382 g/mol. The van der Waals surface area contributed by atoms with E-state index in [1.807, 2.05) is 92.7 Å². The van der Waals surface area contributed by atoms with Crippen molar-refractivity contribution in [3.05, 3.63) is 101 Å². The Balaban J connectivity index is 1.67. The third-order valence-electron chi connectivity index (χ3n) is 4.45. The zero-order valence-electron chi connectivity index (χ0n) is 16.5. The lowest BCUT2D eigenvalue weighted by molar-refractivity contribution is -0.112. The van der Waals surface area contributed by atoms with Gasteiger partial charge in [-0.1, -0.05) is 54.6 Å². The van der Waals surface area contributed by atoms with Gasteiger partial charge < -0.3 is 10.1 Å². The van der Waals surface area contributed by atoms with Gasteiger partial charge in [-0.3, -0.25) is 4.79 Å². The number of rotatable bonds is 6. The molecule has 0 spiro atoms. The van der Waals surface area contributed by atoms with Crippen molar-refractivity contribution in [2.75, 3.05) is 5.32 Å². The zero-order chi connectivity index (χ0) is 20.6. The van der Waals surface area contributed by atoms with E-state index in [0.29, 0.717) is 12.3 Å². The lowest BCUT2D eigenvalue weighted by Gasteiger charge is -2.09. The fourth-order valence-corrected chi connectivity index (χ4v) is 2.78. The van der Waals surface area contributed by atoms with Crippen LogP contribution in [0.2, 0.25) is 0 Å². The van der Waals surface area contributed by atoms with Crippen LogP contribution in [0.1, 0.15) is 22.3 Å². The van der Waals surface area contributed by atoms with Gasteiger partial charge in [-0.25, -0.2) is 0 Å². The lowest BCUT2D eigenvalue weighted by atomic mass is 10.1. The Hall–Kier alpha value is -3.84. The number of carbonyl (C=O) groups excluding carboxylic acids is 1. The first kappa shape index (κ1) is 19.9. The number of carbonyl (C=O) groups is 1. The Labute approximate surface area is 171 Å². The average molecular weight is 382 g/mol. The summed E-state index contributed by atoms with van der Waals surface area (Å²) in [7, 11) is 0. The molecule has 0 saturated carbocycles. The van der Waals surface area contributed by atoms with Crippen molar-refractivity contribution in [2.24, 2.45) is 0 Å². The molecule has 1 amide bonds. The van der Waals surface area contributed by atoms with Crippen molar-refractivity contribution in [1.82, 2.24) is 0 Å². The number of benzene rings is 3. The summed E-state index contributed by atoms with van der Waals surface area (Å²) in [4.78, 5) is 12.5. The molecule has 0 heterocycles. The van der Waals surface area contributed by atoms with Crippen LogP contribution in [0, 0.1) is 25.2 Å². The Morgan fingerprint density at radius 2 is 1.76 bits per heavy atom. The number of amides is 1. The van der Waals surface area contributed by atoms with Crippen molar-refractivity contribution in [3.63, 3.8) is 0 Å². The highest BCUT2D eigenvalue weighted by molar-refractivity contribution is 6.10. The minimum Gasteiger partial charge on any atom is -0.489 e. The van der Waals surface area contributed by atoms with Gasteiger partial charge in [0.2, 0.25) is 0 Å². The number of nitriles is 1. The molecule has 144 valence electrons. The number of nitrogens with one attached hydrogen (secondary N) is 1. The summed E-state index contributed by atoms with van der Waals surface area (Å²) in [6.07, 6.45) is 1.57. The van der Waals surface area contributed by atoms with Crippen LogP contribution in [-0.4, -0.2) is 5.91 Å². The van der Waals surface area contributed by atoms with Crippen molar-refractivity contribution in [3.8, 4) is 11.8 Å². The maximum atomic E-state index is 12.5. The summed E-state index contributed by atoms with van der Waals surface area (Å²) >= 11 is 0. The third-order valence-corrected chi connectivity index (χ3v) is 4.45. The van der Waals surface area contributed by atoms with Crippen LogP contribution in [-0.2, 0) is 11.4 Å². The van der Waals surface area contributed by atoms with E-state index in [1.165, 1.54) is 0 Å². The predicted molar refractivity (Wildman–Crippen MR) is 115 cm³/mol. The van der Waals surface area contributed by atoms with Crippen molar-refractivity contribution in [1.29, 1.82) is 5.26 Å². The van der Waals surface area contributed by atoms with E-state index in [4.69, 9.17) is 4.74 Å². The van der Waals surface area contributed by atoms with Gasteiger partial charge in [0.1, 0.15) is 24.0 Å². The molecule has 29 heavy (non-hydrogen) atoms. The summed E-state index contributed by atoms with van der Waals surface area (Å²) in [6.45, 7) is 4.36. The number of nitrogens with zero attached hydrogens (tertiary/aromatic N) is 1. The van der Waals surface area contributed by atoms with Crippen LogP contribution in [0.4, 0.5) is 5.69 Å². The molecule has 3 rings (SSSR count). The van der Waals surface area contributed by atoms with Gasteiger partial charge in [-0.15, -0.1) is 0 Å². The molecule has 0 aromatic heterocycles. The summed E-state index contributed by atoms with van der Waals surface area (Å²) in [5, 5.41) is 12.2. The van der Waals surface area contributed by atoms with E-state index in [1.54, 1.807) is 6.08 Å². The third kappa shape index (κ3) is 5.57. The first-order valence-electron chi connectivity index (χ1n) is 9.32. The van der Waals surface area contributed by atoms with Gasteiger partial charge >= 0.3 is 0 Å². The van der Waals surface area contributed by atoms with Gasteiger partial charge in [-0.2, -0.15) is 5.26 Å². The van der Waals surface area contributed by atoms with E-state index in [0.717, 1.165) is 28.0 Å². The van der Waals surface area contributed by atoms with E-state index >= 15 is 0 Å². The molecule has 4 heteroatoms. The van der Waals surface area contributed by atoms with Crippen molar-refractivity contribution in [2.45, 2.75) is 20.5 Å². The van der Waals surface area contributed by atoms with Crippen LogP contribution in [0.25, 0.3) is 6.08 Å². The normalized spacial score (nSPS) is 10.9. The highest BCUT2D eigenvalue weighted by Gasteiger charge is 2.11. The van der Waals surface area contributed by atoms with Crippen molar-refractivity contribution >= 4 is 17.7 Å². The summed E-state index contributed by atoms with van der Waals surface area (Å²) in [5.41, 5.74) is 4.58. The van der Waals surface area contributed by atoms with E-state index in [2.05, 4.69) is 5.32 Å². The number of hydrogen-bond acceptors (Lipinski definition) is 3. The molecule has 0 radical (unpaired) electrons. The second-order valence-corrected chi connectivity index (χ2v) is 6.79. The van der Waals surface area contributed by atoms with Gasteiger partial charge in [0.15, 0.2) is 0 Å². The van der Waals surface area contributed by atoms with Gasteiger partial charge in [0, 0.05) is 5.69 Å². The molecule has 0 bridgehead atoms. The second-order valence-electron chi connectivity index (χ2n) is 6.79. The van der Waals surface area contributed by atoms with Crippen LogP contribution < -0.4 is 10.1 Å². The Bertz CT molecular complexity index is 1060. The fourth-order valence-electron chi connectivity index (χ4n) is 2.78. The average Bonchev–Trinajstić information content (AvgIpc) is 2.74. The van der Waals surface area contributed by atoms with E-state index < -0.39 is 5.91 Å². The highest BCUT2D eigenvalue weighted by Crippen LogP contribution is 2.19. The molecule has 0 aliphatic heterocycles. The standard InChI is InChI=1S/C25H22N2O2/c1-18-8-9-19(2)24(14-18)27-25(28)22(16-26)15-20-10-12-23(13-11-20)29-17-21-6-4-3-5-7-21/h3-15H,17H2,1-2H3,(H,27,28)/b22-15+. The molecule has 0 saturated heterocycles. The Morgan fingerprint density at radius 3 is 2.45 bits per heavy atom. The maximum absolute atomic E-state index is 12.5. The molecule has 1 N–H and O–H groups in total. The maximum Gasteiger partial charge on any atom is 0.266 e. The van der Waals surface area contributed by atoms with Crippen LogP contribution in [0.5, 0.6) is 5.75 Å². The molecule has 0 unspecified atom stereocenters. The molecule has 0 fully saturated rings. The predicted octanol–water partition coefficient (Wildman–Crippen LogP) is 5.43. The number of hydrogen-bond donors (Lipinski definition) is 1. The minimum absolute atomic E-state index is 0.0452. The zero-order valence-corrected chi connectivity index (χ0v) is 16.5. The molecular weight excluding hydrogens is 360 g/mol. The molecule has 0 aliphatic rings. The Morgan fingerprint density at radius 1 is 1.03 bits per heavy atom. The molecule has 3 aromatic carbocycles. The van der Waals surface area contributed by atoms with Gasteiger partial charge in [-0.05, 0) is 60.4 Å². The fraction of sp³-hybridized carbons (Fsp3) is 0.120. The minimum atomic E-state index is -0.425. The van der Waals surface area contributed by atoms with Gasteiger partial charge in [0.25, 0.3) is 5.91 Å². The van der Waals surface area contributed by atoms with Crippen molar-refractivity contribution < 1.29 is 9.53 Å². The summed E-state index contributed by atoms with van der Waals surface area (Å²) in [5.74, 6) is 0.301. The first-order chi connectivity index (χ1) is 14.0. The summed E-state index contributed by atoms with van der Waals surface area (Å²) in [6, 6.07) is 25.0. The smallest absolute Gasteiger partial charge is 0.266 e. The highest BCUT2D eigenvalue weighted by atomic mass is 16.5. The van der Waals surface area contributed by atoms with Crippen LogP contribution in [0.15, 0.2) is 78.4 Å². The molecular formula is C25H22N2O2. The molecule has 3 aromatic rings. The number of anilines is 1. The number of aryl methyl sites for hydroxylation is 2. The van der Waals surface area contributed by atoms with E-state index in [9.17, 15) is 10.1 Å². The largest absolute Gasteiger partial charge is 0.489 e. The molecule has 0 atom stereocenters. The second kappa shape index (κ2) is 9.38. The topological polar surface area (TPSA) is 62.1 Å². The molecule has 4 nitrogen and oxygen atoms in total. The van der Waals surface area contributed by atoms with Crippen LogP contribution >= 0.6 is 0 Å². The summed E-state index contributed by atoms with van der Waals surface area (Å²) < 4.78 is 5.76. The lowest BCUT2D eigenvalue weighted by Crippen LogP contribution is -2.14. The number of ether oxygens (including phenoxy) is 1. The van der Waals surface area contributed by atoms with Crippen LogP contribution in [0.3, 0.4) is 0 Å². The Kier molecular flexibility index (Phi) is 6.44. The quantitative estimate of drug-likeness (QED) is 0.457. The first-order valence-corrected chi connectivity index (χ1v) is 9.32. The van der Waals surface area contributed by atoms with Gasteiger partial charge in [0.05, 0.1) is 0 Å². The SMILES string of the molecule is Cc1ccc(C)c(NC(=O)/C(C#N)=C/c2ccc(OCc3ccccc3)cc2)c1.